The number of anilines is 1. The molecule has 3 aromatic rings. The predicted molar refractivity (Wildman–Crippen MR) is 98.1 cm³/mol. The predicted octanol–water partition coefficient (Wildman–Crippen LogP) is 4.21. The molecule has 1 N–H and O–H groups in total. The molecule has 0 unspecified atom stereocenters. The van der Waals surface area contributed by atoms with Crippen molar-refractivity contribution >= 4 is 23.2 Å². The summed E-state index contributed by atoms with van der Waals surface area (Å²) in [6, 6.07) is 12.4. The maximum atomic E-state index is 12.3. The van der Waals surface area contributed by atoms with E-state index in [0.29, 0.717) is 28.6 Å². The molecule has 0 fully saturated rings. The molecule has 0 aliphatic carbocycles. The van der Waals surface area contributed by atoms with E-state index in [1.165, 1.54) is 0 Å². The van der Waals surface area contributed by atoms with Crippen molar-refractivity contribution in [3.63, 3.8) is 0 Å². The lowest BCUT2D eigenvalue weighted by Crippen LogP contribution is -2.12. The molecule has 0 saturated carbocycles. The van der Waals surface area contributed by atoms with Crippen molar-refractivity contribution in [2.75, 3.05) is 5.32 Å². The third-order valence-electron chi connectivity index (χ3n) is 3.78. The van der Waals surface area contributed by atoms with E-state index in [1.54, 1.807) is 36.5 Å². The number of halogens is 1. The molecular weight excluding hydrogens is 338 g/mol. The molecule has 2 aromatic carbocycles. The quantitative estimate of drug-likeness (QED) is 0.745. The summed E-state index contributed by atoms with van der Waals surface area (Å²) < 4.78 is 7.58. The van der Waals surface area contributed by atoms with Crippen LogP contribution in [0.25, 0.3) is 0 Å². The molecular formula is C19H18ClN3O2. The molecule has 1 amide bonds. The highest BCUT2D eigenvalue weighted by molar-refractivity contribution is 6.34. The third kappa shape index (κ3) is 4.19. The van der Waals surface area contributed by atoms with Gasteiger partial charge in [0.2, 0.25) is 0 Å². The number of aromatic nitrogens is 2. The van der Waals surface area contributed by atoms with E-state index in [0.717, 1.165) is 11.4 Å². The van der Waals surface area contributed by atoms with Crippen molar-refractivity contribution in [3.05, 3.63) is 76.8 Å². The number of hydrogen-bond donors (Lipinski definition) is 1. The second-order valence-electron chi connectivity index (χ2n) is 5.70. The van der Waals surface area contributed by atoms with E-state index in [4.69, 9.17) is 16.3 Å². The van der Waals surface area contributed by atoms with Gasteiger partial charge in [-0.15, -0.1) is 0 Å². The molecule has 0 radical (unpaired) electrons. The van der Waals surface area contributed by atoms with E-state index in [-0.39, 0.29) is 5.91 Å². The molecule has 0 aliphatic rings. The smallest absolute Gasteiger partial charge is 0.255 e. The molecule has 0 atom stereocenters. The average Bonchev–Trinajstić information content (AvgIpc) is 3.01. The minimum absolute atomic E-state index is 0.221. The Kier molecular flexibility index (Phi) is 5.05. The zero-order valence-corrected chi connectivity index (χ0v) is 14.7. The van der Waals surface area contributed by atoms with Gasteiger partial charge in [0.15, 0.2) is 0 Å². The molecule has 5 nitrogen and oxygen atoms in total. The summed E-state index contributed by atoms with van der Waals surface area (Å²) in [7, 11) is 1.91. The van der Waals surface area contributed by atoms with Crippen LogP contribution in [-0.4, -0.2) is 15.5 Å². The molecule has 0 aliphatic heterocycles. The highest BCUT2D eigenvalue weighted by Crippen LogP contribution is 2.23. The zero-order valence-electron chi connectivity index (χ0n) is 14.0. The molecule has 128 valence electrons. The van der Waals surface area contributed by atoms with Crippen LogP contribution in [0.4, 0.5) is 5.69 Å². The van der Waals surface area contributed by atoms with Crippen LogP contribution in [0.5, 0.6) is 5.75 Å². The molecule has 0 spiro atoms. The lowest BCUT2D eigenvalue weighted by molar-refractivity contribution is 0.102. The lowest BCUT2D eigenvalue weighted by Gasteiger charge is -2.09. The fourth-order valence-corrected chi connectivity index (χ4v) is 2.58. The van der Waals surface area contributed by atoms with Gasteiger partial charge in [0.25, 0.3) is 5.91 Å². The van der Waals surface area contributed by atoms with Crippen molar-refractivity contribution in [3.8, 4) is 5.75 Å². The Hall–Kier alpha value is -2.79. The summed E-state index contributed by atoms with van der Waals surface area (Å²) in [5.74, 6) is 1.28. The van der Waals surface area contributed by atoms with Gasteiger partial charge in [-0.05, 0) is 48.9 Å². The largest absolute Gasteiger partial charge is 0.486 e. The molecule has 25 heavy (non-hydrogen) atoms. The van der Waals surface area contributed by atoms with E-state index in [2.05, 4.69) is 10.3 Å². The summed E-state index contributed by atoms with van der Waals surface area (Å²) >= 11 is 6.15. The van der Waals surface area contributed by atoms with Gasteiger partial charge in [-0.25, -0.2) is 4.98 Å². The van der Waals surface area contributed by atoms with Crippen molar-refractivity contribution in [1.82, 2.24) is 9.55 Å². The van der Waals surface area contributed by atoms with Crippen LogP contribution >= 0.6 is 11.6 Å². The van der Waals surface area contributed by atoms with Gasteiger partial charge in [0, 0.05) is 25.0 Å². The first-order valence-electron chi connectivity index (χ1n) is 7.79. The molecule has 1 heterocycles. The first kappa shape index (κ1) is 17.0. The molecule has 0 bridgehead atoms. The van der Waals surface area contributed by atoms with Crippen LogP contribution in [0.3, 0.4) is 0 Å². The van der Waals surface area contributed by atoms with Crippen LogP contribution in [0.15, 0.2) is 54.9 Å². The number of amides is 1. The van der Waals surface area contributed by atoms with Gasteiger partial charge < -0.3 is 14.6 Å². The molecule has 1 aromatic heterocycles. The highest BCUT2D eigenvalue weighted by Gasteiger charge is 2.09. The normalized spacial score (nSPS) is 10.5. The van der Waals surface area contributed by atoms with Crippen molar-refractivity contribution in [1.29, 1.82) is 0 Å². The van der Waals surface area contributed by atoms with Crippen molar-refractivity contribution in [2.24, 2.45) is 7.05 Å². The topological polar surface area (TPSA) is 56.1 Å². The number of imidazole rings is 1. The standard InChI is InChI=1S/C19H18ClN3O2/c1-13-3-8-17(16(20)11-13)22-19(24)14-4-6-15(7-5-14)25-12-18-21-9-10-23(18)2/h3-11H,12H2,1-2H3,(H,22,24). The Morgan fingerprint density at radius 1 is 1.24 bits per heavy atom. The van der Waals surface area contributed by atoms with Gasteiger partial charge in [0.1, 0.15) is 18.2 Å². The maximum Gasteiger partial charge on any atom is 0.255 e. The van der Waals surface area contributed by atoms with E-state index in [1.807, 2.05) is 36.9 Å². The molecule has 0 saturated heterocycles. The minimum atomic E-state index is -0.221. The SMILES string of the molecule is Cc1ccc(NC(=O)c2ccc(OCc3nccn3C)cc2)c(Cl)c1. The van der Waals surface area contributed by atoms with E-state index < -0.39 is 0 Å². The van der Waals surface area contributed by atoms with Crippen molar-refractivity contribution < 1.29 is 9.53 Å². The lowest BCUT2D eigenvalue weighted by atomic mass is 10.2. The first-order chi connectivity index (χ1) is 12.0. The Morgan fingerprint density at radius 2 is 2.00 bits per heavy atom. The number of nitrogens with zero attached hydrogens (tertiary/aromatic N) is 2. The number of carbonyl (C=O) groups is 1. The van der Waals surface area contributed by atoms with Gasteiger partial charge in [-0.2, -0.15) is 0 Å². The van der Waals surface area contributed by atoms with Crippen LogP contribution in [0.1, 0.15) is 21.7 Å². The van der Waals surface area contributed by atoms with Crippen LogP contribution in [-0.2, 0) is 13.7 Å². The minimum Gasteiger partial charge on any atom is -0.486 e. The summed E-state index contributed by atoms with van der Waals surface area (Å²) in [6.45, 7) is 2.31. The Balaban J connectivity index is 1.63. The fraction of sp³-hybridized carbons (Fsp3) is 0.158. The highest BCUT2D eigenvalue weighted by atomic mass is 35.5. The van der Waals surface area contributed by atoms with Gasteiger partial charge in [-0.1, -0.05) is 17.7 Å². The third-order valence-corrected chi connectivity index (χ3v) is 4.09. The second-order valence-corrected chi connectivity index (χ2v) is 6.11. The zero-order chi connectivity index (χ0) is 17.8. The Morgan fingerprint density at radius 3 is 2.64 bits per heavy atom. The number of benzene rings is 2. The van der Waals surface area contributed by atoms with Gasteiger partial charge in [0.05, 0.1) is 10.7 Å². The number of ether oxygens (including phenoxy) is 1. The first-order valence-corrected chi connectivity index (χ1v) is 8.17. The molecule has 3 rings (SSSR count). The average molecular weight is 356 g/mol. The summed E-state index contributed by atoms with van der Waals surface area (Å²) in [6.07, 6.45) is 3.59. The number of hydrogen-bond acceptors (Lipinski definition) is 3. The van der Waals surface area contributed by atoms with Crippen LogP contribution in [0, 0.1) is 6.92 Å². The Bertz CT molecular complexity index is 888. The van der Waals surface area contributed by atoms with Gasteiger partial charge in [-0.3, -0.25) is 4.79 Å². The Labute approximate surface area is 151 Å². The number of carbonyl (C=O) groups excluding carboxylic acids is 1. The van der Waals surface area contributed by atoms with Gasteiger partial charge >= 0.3 is 0 Å². The van der Waals surface area contributed by atoms with Crippen LogP contribution < -0.4 is 10.1 Å². The summed E-state index contributed by atoms with van der Waals surface area (Å²) in [5, 5.41) is 3.33. The summed E-state index contributed by atoms with van der Waals surface area (Å²) in [4.78, 5) is 16.5. The molecule has 6 heteroatoms. The van der Waals surface area contributed by atoms with Crippen LogP contribution in [0.2, 0.25) is 5.02 Å². The monoisotopic (exact) mass is 355 g/mol. The van der Waals surface area contributed by atoms with Crippen molar-refractivity contribution in [2.45, 2.75) is 13.5 Å². The number of nitrogens with one attached hydrogen (secondary N) is 1. The number of aryl methyl sites for hydroxylation is 2. The number of rotatable bonds is 5. The van der Waals surface area contributed by atoms with E-state index in [9.17, 15) is 4.79 Å². The maximum absolute atomic E-state index is 12.3. The van der Waals surface area contributed by atoms with E-state index >= 15 is 0 Å². The summed E-state index contributed by atoms with van der Waals surface area (Å²) in [5.41, 5.74) is 2.16. The second kappa shape index (κ2) is 7.40. The fourth-order valence-electron chi connectivity index (χ4n) is 2.30.